The Labute approximate surface area is 221 Å². The molecule has 198 valence electrons. The van der Waals surface area contributed by atoms with Gasteiger partial charge in [0.2, 0.25) is 0 Å². The molecule has 2 aromatic carbocycles. The standard InChI is InChI=1S/C28H23N3O8/c1-3-18-19-11-17(39-38-16-7-5-15(6-8-16)31(35)36)9-10-23(19)29-25-20(18)13-30-24(25)12-22-21(26(30)32)14-37-27(33)28(22,34)4-2/h5-12,34H,3-4,13-14H2,1-2H3. The number of pyridine rings is 2. The number of nitro groups is 1. The lowest BCUT2D eigenvalue weighted by molar-refractivity contribution is -0.384. The number of carbonyl (C=O) groups excluding carboxylic acids is 1. The maximum absolute atomic E-state index is 13.5. The molecule has 11 nitrogen and oxygen atoms in total. The molecule has 1 N–H and O–H groups in total. The van der Waals surface area contributed by atoms with Crippen molar-refractivity contribution in [2.75, 3.05) is 0 Å². The molecule has 0 fully saturated rings. The molecule has 0 saturated carbocycles. The van der Waals surface area contributed by atoms with Gasteiger partial charge in [-0.25, -0.2) is 9.78 Å². The van der Waals surface area contributed by atoms with Gasteiger partial charge in [0.15, 0.2) is 17.1 Å². The second-order valence-corrected chi connectivity index (χ2v) is 9.47. The minimum atomic E-state index is -1.88. The van der Waals surface area contributed by atoms with Crippen LogP contribution in [0.3, 0.4) is 0 Å². The van der Waals surface area contributed by atoms with Crippen LogP contribution in [0.2, 0.25) is 0 Å². The van der Waals surface area contributed by atoms with Crippen molar-refractivity contribution < 1.29 is 29.3 Å². The molecule has 39 heavy (non-hydrogen) atoms. The van der Waals surface area contributed by atoms with Gasteiger partial charge in [-0.1, -0.05) is 13.8 Å². The first kappa shape index (κ1) is 24.6. The van der Waals surface area contributed by atoms with Gasteiger partial charge in [-0.2, -0.15) is 0 Å². The zero-order chi connectivity index (χ0) is 27.5. The monoisotopic (exact) mass is 529 g/mol. The highest BCUT2D eigenvalue weighted by Gasteiger charge is 2.45. The number of non-ortho nitro benzene ring substituents is 1. The molecule has 6 rings (SSSR count). The molecule has 0 aliphatic carbocycles. The van der Waals surface area contributed by atoms with Crippen molar-refractivity contribution >= 4 is 22.6 Å². The van der Waals surface area contributed by atoms with Crippen molar-refractivity contribution in [3.63, 3.8) is 0 Å². The van der Waals surface area contributed by atoms with Gasteiger partial charge in [-0.3, -0.25) is 24.7 Å². The summed E-state index contributed by atoms with van der Waals surface area (Å²) in [4.78, 5) is 51.9. The number of aliphatic hydroxyl groups is 1. The Morgan fingerprint density at radius 1 is 1.08 bits per heavy atom. The number of ether oxygens (including phenoxy) is 1. The van der Waals surface area contributed by atoms with E-state index in [1.807, 2.05) is 6.92 Å². The van der Waals surface area contributed by atoms with E-state index in [1.54, 1.807) is 35.8 Å². The topological polar surface area (TPSA) is 143 Å². The van der Waals surface area contributed by atoms with Crippen LogP contribution in [-0.4, -0.2) is 25.6 Å². The number of nitrogens with zero attached hydrogens (tertiary/aromatic N) is 3. The zero-order valence-electron chi connectivity index (χ0n) is 21.1. The highest BCUT2D eigenvalue weighted by Crippen LogP contribution is 2.40. The number of fused-ring (bicyclic) bond motifs is 5. The molecule has 0 bridgehead atoms. The lowest BCUT2D eigenvalue weighted by atomic mass is 9.86. The largest absolute Gasteiger partial charge is 0.458 e. The number of rotatable bonds is 6. The molecular formula is C28H23N3O8. The second kappa shape index (κ2) is 8.91. The second-order valence-electron chi connectivity index (χ2n) is 9.47. The van der Waals surface area contributed by atoms with Crippen molar-refractivity contribution in [1.82, 2.24) is 9.55 Å². The molecule has 4 heterocycles. The third kappa shape index (κ3) is 3.73. The minimum absolute atomic E-state index is 0.0555. The van der Waals surface area contributed by atoms with Gasteiger partial charge >= 0.3 is 5.97 Å². The van der Waals surface area contributed by atoms with E-state index in [4.69, 9.17) is 19.5 Å². The van der Waals surface area contributed by atoms with E-state index in [-0.39, 0.29) is 35.4 Å². The number of carbonyl (C=O) groups is 1. The van der Waals surface area contributed by atoms with Gasteiger partial charge in [0.1, 0.15) is 6.61 Å². The van der Waals surface area contributed by atoms with E-state index >= 15 is 0 Å². The number of esters is 1. The van der Waals surface area contributed by atoms with Gasteiger partial charge < -0.3 is 14.4 Å². The molecule has 1 atom stereocenters. The van der Waals surface area contributed by atoms with E-state index in [0.717, 1.165) is 16.5 Å². The van der Waals surface area contributed by atoms with Gasteiger partial charge in [-0.05, 0) is 54.8 Å². The first-order valence-electron chi connectivity index (χ1n) is 12.5. The Hall–Kier alpha value is -4.77. The summed E-state index contributed by atoms with van der Waals surface area (Å²) in [5.74, 6) is -0.0508. The number of benzene rings is 2. The summed E-state index contributed by atoms with van der Waals surface area (Å²) in [6.45, 7) is 3.79. The van der Waals surface area contributed by atoms with Crippen molar-refractivity contribution in [2.45, 2.75) is 45.4 Å². The van der Waals surface area contributed by atoms with Crippen LogP contribution < -0.4 is 15.3 Å². The molecule has 11 heteroatoms. The number of aryl methyl sites for hydroxylation is 1. The maximum Gasteiger partial charge on any atom is 0.343 e. The molecule has 2 aromatic heterocycles. The average molecular weight is 530 g/mol. The predicted molar refractivity (Wildman–Crippen MR) is 138 cm³/mol. The Balaban J connectivity index is 1.39. The number of cyclic esters (lactones) is 1. The van der Waals surface area contributed by atoms with Crippen LogP contribution in [-0.2, 0) is 34.7 Å². The van der Waals surface area contributed by atoms with Crippen LogP contribution in [0.15, 0.2) is 53.3 Å². The predicted octanol–water partition coefficient (Wildman–Crippen LogP) is 3.92. The number of hydrogen-bond acceptors (Lipinski definition) is 9. The summed E-state index contributed by atoms with van der Waals surface area (Å²) in [6, 6.07) is 12.5. The minimum Gasteiger partial charge on any atom is -0.458 e. The lowest BCUT2D eigenvalue weighted by Gasteiger charge is -2.31. The van der Waals surface area contributed by atoms with Gasteiger partial charge in [0.05, 0.1) is 33.9 Å². The Morgan fingerprint density at radius 2 is 1.79 bits per heavy atom. The Kier molecular flexibility index (Phi) is 5.61. The number of aromatic nitrogens is 2. The SMILES string of the molecule is CCc1c2c(nc3ccc(OOc4ccc([N+](=O)[O-])cc4)cc13)-c1cc3c(c(=O)n1C2)COC(=O)C3(O)CC. The summed E-state index contributed by atoms with van der Waals surface area (Å²) in [5.41, 5.74) is 2.02. The fourth-order valence-electron chi connectivity index (χ4n) is 5.32. The third-order valence-electron chi connectivity index (χ3n) is 7.41. The Bertz CT molecular complexity index is 1750. The van der Waals surface area contributed by atoms with E-state index < -0.39 is 16.5 Å². The van der Waals surface area contributed by atoms with Crippen LogP contribution >= 0.6 is 0 Å². The van der Waals surface area contributed by atoms with E-state index in [2.05, 4.69) is 0 Å². The average Bonchev–Trinajstić information content (AvgIpc) is 3.31. The number of hydrogen-bond donors (Lipinski definition) is 1. The van der Waals surface area contributed by atoms with Crippen LogP contribution in [0.5, 0.6) is 11.5 Å². The molecule has 0 radical (unpaired) electrons. The smallest absolute Gasteiger partial charge is 0.343 e. The lowest BCUT2D eigenvalue weighted by Crippen LogP contribution is -2.44. The van der Waals surface area contributed by atoms with E-state index in [9.17, 15) is 24.8 Å². The number of nitro benzene ring substituents is 1. The molecule has 2 aliphatic heterocycles. The normalized spacial score (nSPS) is 17.3. The van der Waals surface area contributed by atoms with Crippen LogP contribution in [0.4, 0.5) is 5.69 Å². The molecule has 0 amide bonds. The van der Waals surface area contributed by atoms with Crippen molar-refractivity contribution in [3.05, 3.63) is 91.3 Å². The van der Waals surface area contributed by atoms with Crippen molar-refractivity contribution in [1.29, 1.82) is 0 Å². The van der Waals surface area contributed by atoms with Crippen LogP contribution in [0.1, 0.15) is 42.5 Å². The quantitative estimate of drug-likeness (QED) is 0.150. The Morgan fingerprint density at radius 3 is 2.49 bits per heavy atom. The van der Waals surface area contributed by atoms with Gasteiger partial charge in [-0.15, -0.1) is 0 Å². The molecule has 2 aliphatic rings. The summed E-state index contributed by atoms with van der Waals surface area (Å²) in [6.07, 6.45) is 0.724. The third-order valence-corrected chi connectivity index (χ3v) is 7.41. The molecule has 1 unspecified atom stereocenters. The summed E-state index contributed by atoms with van der Waals surface area (Å²) in [5, 5.41) is 22.8. The fourth-order valence-corrected chi connectivity index (χ4v) is 5.32. The summed E-state index contributed by atoms with van der Waals surface area (Å²) >= 11 is 0. The van der Waals surface area contributed by atoms with Crippen LogP contribution in [0, 0.1) is 10.1 Å². The highest BCUT2D eigenvalue weighted by molar-refractivity contribution is 5.90. The van der Waals surface area contributed by atoms with Crippen molar-refractivity contribution in [2.24, 2.45) is 0 Å². The summed E-state index contributed by atoms with van der Waals surface area (Å²) in [7, 11) is 0. The maximum atomic E-state index is 13.5. The summed E-state index contributed by atoms with van der Waals surface area (Å²) < 4.78 is 6.76. The molecule has 4 aromatic rings. The first-order valence-corrected chi connectivity index (χ1v) is 12.5. The van der Waals surface area contributed by atoms with Crippen molar-refractivity contribution in [3.8, 4) is 22.9 Å². The molecule has 0 saturated heterocycles. The van der Waals surface area contributed by atoms with Crippen LogP contribution in [0.25, 0.3) is 22.3 Å². The van der Waals surface area contributed by atoms with E-state index in [1.165, 1.54) is 24.3 Å². The molecule has 0 spiro atoms. The zero-order valence-corrected chi connectivity index (χ0v) is 21.1. The van der Waals surface area contributed by atoms with E-state index in [0.29, 0.717) is 41.4 Å². The molecular weight excluding hydrogens is 506 g/mol. The highest BCUT2D eigenvalue weighted by atomic mass is 17.2. The van der Waals surface area contributed by atoms with Gasteiger partial charge in [0.25, 0.3) is 11.2 Å². The fraction of sp³-hybridized carbons (Fsp3) is 0.250. The first-order chi connectivity index (χ1) is 18.7. The van der Waals surface area contributed by atoms with Gasteiger partial charge in [0, 0.05) is 28.6 Å².